The molecule has 1 N–H and O–H groups in total. The topological polar surface area (TPSA) is 21.3 Å². The Morgan fingerprint density at radius 3 is 2.52 bits per heavy atom. The van der Waals surface area contributed by atoms with Gasteiger partial charge in [-0.05, 0) is 59.4 Å². The summed E-state index contributed by atoms with van der Waals surface area (Å²) in [7, 11) is 0. The van der Waals surface area contributed by atoms with Gasteiger partial charge in [0.05, 0.1) is 16.8 Å². The molecular formula is C25H21Cl2NO. The zero-order valence-electron chi connectivity index (χ0n) is 15.8. The summed E-state index contributed by atoms with van der Waals surface area (Å²) >= 11 is 12.4. The van der Waals surface area contributed by atoms with Gasteiger partial charge >= 0.3 is 0 Å². The molecule has 3 atom stereocenters. The van der Waals surface area contributed by atoms with Crippen molar-refractivity contribution < 1.29 is 4.74 Å². The number of benzene rings is 3. The smallest absolute Gasteiger partial charge is 0.119 e. The van der Waals surface area contributed by atoms with E-state index in [2.05, 4.69) is 35.7 Å². The lowest BCUT2D eigenvalue weighted by atomic mass is 9.77. The Bertz CT molecular complexity index is 1040. The van der Waals surface area contributed by atoms with E-state index in [0.717, 1.165) is 33.5 Å². The van der Waals surface area contributed by atoms with E-state index in [9.17, 15) is 0 Å². The summed E-state index contributed by atoms with van der Waals surface area (Å²) in [5.41, 5.74) is 4.72. The molecule has 0 fully saturated rings. The fourth-order valence-corrected chi connectivity index (χ4v) is 4.79. The van der Waals surface area contributed by atoms with Crippen LogP contribution in [0.2, 0.25) is 10.0 Å². The van der Waals surface area contributed by atoms with Gasteiger partial charge < -0.3 is 10.1 Å². The number of allylic oxidation sites excluding steroid dienone is 2. The van der Waals surface area contributed by atoms with Crippen LogP contribution in [0, 0.1) is 5.92 Å². The molecule has 1 aliphatic heterocycles. The Balaban J connectivity index is 1.34. The number of ether oxygens (including phenoxy) is 1. The van der Waals surface area contributed by atoms with Crippen LogP contribution < -0.4 is 10.1 Å². The number of para-hydroxylation sites is 1. The average molecular weight is 422 g/mol. The second-order valence-corrected chi connectivity index (χ2v) is 8.51. The van der Waals surface area contributed by atoms with E-state index in [0.29, 0.717) is 18.4 Å². The van der Waals surface area contributed by atoms with E-state index >= 15 is 0 Å². The maximum absolute atomic E-state index is 6.50. The Hall–Kier alpha value is -2.42. The second kappa shape index (κ2) is 7.78. The Morgan fingerprint density at radius 2 is 1.72 bits per heavy atom. The van der Waals surface area contributed by atoms with Crippen molar-refractivity contribution in [2.45, 2.75) is 25.0 Å². The highest BCUT2D eigenvalue weighted by Gasteiger charge is 2.38. The van der Waals surface area contributed by atoms with Crippen molar-refractivity contribution in [1.82, 2.24) is 0 Å². The number of hydrogen-bond acceptors (Lipinski definition) is 2. The van der Waals surface area contributed by atoms with Crippen molar-refractivity contribution in [2.24, 2.45) is 5.92 Å². The van der Waals surface area contributed by atoms with E-state index in [4.69, 9.17) is 27.9 Å². The SMILES string of the molecule is Clc1ccc(COc2ccc([C@@H]3Nc4c(Cl)cccc4[C@@H]4C=CC[C@@H]43)cc2)cc1. The first-order valence-electron chi connectivity index (χ1n) is 9.88. The third-order valence-electron chi connectivity index (χ3n) is 5.90. The number of nitrogens with one attached hydrogen (secondary N) is 1. The van der Waals surface area contributed by atoms with Crippen molar-refractivity contribution >= 4 is 28.9 Å². The van der Waals surface area contributed by atoms with Gasteiger partial charge in [0, 0.05) is 10.9 Å². The zero-order valence-corrected chi connectivity index (χ0v) is 17.3. The van der Waals surface area contributed by atoms with Crippen molar-refractivity contribution in [1.29, 1.82) is 0 Å². The van der Waals surface area contributed by atoms with E-state index < -0.39 is 0 Å². The fourth-order valence-electron chi connectivity index (χ4n) is 4.43. The van der Waals surface area contributed by atoms with Crippen LogP contribution >= 0.6 is 23.2 Å². The molecule has 0 aromatic heterocycles. The Labute approximate surface area is 181 Å². The van der Waals surface area contributed by atoms with E-state index in [1.807, 2.05) is 48.5 Å². The molecule has 0 saturated heterocycles. The van der Waals surface area contributed by atoms with Crippen LogP contribution in [0.1, 0.15) is 35.1 Å². The molecular weight excluding hydrogens is 401 g/mol. The summed E-state index contributed by atoms with van der Waals surface area (Å²) < 4.78 is 5.94. The summed E-state index contributed by atoms with van der Waals surface area (Å²) in [6, 6.07) is 22.6. The molecule has 5 rings (SSSR count). The third-order valence-corrected chi connectivity index (χ3v) is 6.47. The van der Waals surface area contributed by atoms with Crippen molar-refractivity contribution in [3.63, 3.8) is 0 Å². The number of fused-ring (bicyclic) bond motifs is 3. The lowest BCUT2D eigenvalue weighted by molar-refractivity contribution is 0.306. The molecule has 3 aromatic rings. The maximum Gasteiger partial charge on any atom is 0.119 e. The average Bonchev–Trinajstić information content (AvgIpc) is 3.24. The molecule has 0 saturated carbocycles. The first-order chi connectivity index (χ1) is 14.2. The molecule has 1 heterocycles. The molecule has 29 heavy (non-hydrogen) atoms. The monoisotopic (exact) mass is 421 g/mol. The Morgan fingerprint density at radius 1 is 0.931 bits per heavy atom. The summed E-state index contributed by atoms with van der Waals surface area (Å²) in [6.45, 7) is 0.524. The lowest BCUT2D eigenvalue weighted by Gasteiger charge is -2.38. The van der Waals surface area contributed by atoms with Gasteiger partial charge in [-0.15, -0.1) is 0 Å². The van der Waals surface area contributed by atoms with E-state index in [1.165, 1.54) is 11.1 Å². The van der Waals surface area contributed by atoms with E-state index in [-0.39, 0.29) is 6.04 Å². The standard InChI is InChI=1S/C25H21Cl2NO/c26-18-11-7-16(8-12-18)15-29-19-13-9-17(10-14-19)24-21-4-1-3-20(21)22-5-2-6-23(27)25(22)28-24/h1-3,5-14,20-21,24,28H,4,15H2/t20-,21+,24+/m1/s1. The van der Waals surface area contributed by atoms with Gasteiger partial charge in [0.1, 0.15) is 12.4 Å². The summed E-state index contributed by atoms with van der Waals surface area (Å²) in [5, 5.41) is 5.23. The largest absolute Gasteiger partial charge is 0.489 e. The molecule has 3 aromatic carbocycles. The summed E-state index contributed by atoms with van der Waals surface area (Å²) in [5.74, 6) is 1.77. The van der Waals surface area contributed by atoms with Crippen LogP contribution in [0.4, 0.5) is 5.69 Å². The van der Waals surface area contributed by atoms with Crippen LogP contribution in [0.15, 0.2) is 78.9 Å². The van der Waals surface area contributed by atoms with Crippen molar-refractivity contribution in [3.8, 4) is 5.75 Å². The zero-order chi connectivity index (χ0) is 19.8. The van der Waals surface area contributed by atoms with Crippen LogP contribution in [0.5, 0.6) is 5.75 Å². The molecule has 0 amide bonds. The molecule has 2 aliphatic rings. The van der Waals surface area contributed by atoms with Crippen LogP contribution in [-0.4, -0.2) is 0 Å². The van der Waals surface area contributed by atoms with E-state index in [1.54, 1.807) is 0 Å². The van der Waals surface area contributed by atoms with Gasteiger partial charge in [-0.2, -0.15) is 0 Å². The minimum absolute atomic E-state index is 0.229. The normalized spacial score (nSPS) is 21.9. The minimum Gasteiger partial charge on any atom is -0.489 e. The molecule has 0 spiro atoms. The van der Waals surface area contributed by atoms with Gasteiger partial charge in [0.2, 0.25) is 0 Å². The van der Waals surface area contributed by atoms with Crippen LogP contribution in [0.25, 0.3) is 0 Å². The van der Waals surface area contributed by atoms with Gasteiger partial charge in [0.15, 0.2) is 0 Å². The van der Waals surface area contributed by atoms with Crippen molar-refractivity contribution in [3.05, 3.63) is 106 Å². The van der Waals surface area contributed by atoms with Crippen molar-refractivity contribution in [2.75, 3.05) is 5.32 Å². The summed E-state index contributed by atoms with van der Waals surface area (Å²) in [6.07, 6.45) is 5.70. The highest BCUT2D eigenvalue weighted by atomic mass is 35.5. The molecule has 0 radical (unpaired) electrons. The molecule has 0 unspecified atom stereocenters. The molecule has 2 nitrogen and oxygen atoms in total. The number of halogens is 2. The predicted molar refractivity (Wildman–Crippen MR) is 120 cm³/mol. The highest BCUT2D eigenvalue weighted by Crippen LogP contribution is 2.51. The number of anilines is 1. The lowest BCUT2D eigenvalue weighted by Crippen LogP contribution is -2.29. The highest BCUT2D eigenvalue weighted by molar-refractivity contribution is 6.33. The molecule has 4 heteroatoms. The maximum atomic E-state index is 6.50. The Kier molecular flexibility index (Phi) is 4.99. The third kappa shape index (κ3) is 3.63. The second-order valence-electron chi connectivity index (χ2n) is 7.66. The van der Waals surface area contributed by atoms with Gasteiger partial charge in [-0.25, -0.2) is 0 Å². The van der Waals surface area contributed by atoms with Gasteiger partial charge in [-0.3, -0.25) is 0 Å². The van der Waals surface area contributed by atoms with Crippen LogP contribution in [0.3, 0.4) is 0 Å². The molecule has 146 valence electrons. The minimum atomic E-state index is 0.229. The van der Waals surface area contributed by atoms with Gasteiger partial charge in [-0.1, -0.05) is 71.8 Å². The van der Waals surface area contributed by atoms with Crippen LogP contribution in [-0.2, 0) is 6.61 Å². The first kappa shape index (κ1) is 18.6. The number of hydrogen-bond donors (Lipinski definition) is 1. The molecule has 1 aliphatic carbocycles. The summed E-state index contributed by atoms with van der Waals surface area (Å²) in [4.78, 5) is 0. The predicted octanol–water partition coefficient (Wildman–Crippen LogP) is 7.40. The first-order valence-corrected chi connectivity index (χ1v) is 10.6. The quantitative estimate of drug-likeness (QED) is 0.443. The molecule has 0 bridgehead atoms. The number of rotatable bonds is 4. The van der Waals surface area contributed by atoms with Gasteiger partial charge in [0.25, 0.3) is 0 Å². The fraction of sp³-hybridized carbons (Fsp3) is 0.200.